The minimum absolute atomic E-state index is 0.0866. The highest BCUT2D eigenvalue weighted by atomic mass is 19.3. The van der Waals surface area contributed by atoms with Crippen LogP contribution in [0.2, 0.25) is 0 Å². The second-order valence-electron chi connectivity index (χ2n) is 14.4. The van der Waals surface area contributed by atoms with Gasteiger partial charge in [0.25, 0.3) is 17.4 Å². The van der Waals surface area contributed by atoms with Crippen LogP contribution in [-0.2, 0) is 29.4 Å². The van der Waals surface area contributed by atoms with Crippen LogP contribution in [0.4, 0.5) is 18.9 Å². The van der Waals surface area contributed by atoms with E-state index < -0.39 is 46.9 Å². The molecule has 3 aromatic heterocycles. The number of ether oxygens (including phenoxy) is 3. The van der Waals surface area contributed by atoms with E-state index >= 15 is 4.39 Å². The number of aryl methyl sites for hydroxylation is 2. The smallest absolute Gasteiger partial charge is 0.335 e. The van der Waals surface area contributed by atoms with Crippen LogP contribution in [-0.4, -0.2) is 75.4 Å². The molecule has 3 aromatic carbocycles. The second kappa shape index (κ2) is 17.0. The Labute approximate surface area is 342 Å². The minimum atomic E-state index is -3.16. The van der Waals surface area contributed by atoms with Crippen molar-refractivity contribution >= 4 is 39.4 Å². The Morgan fingerprint density at radius 3 is 2.60 bits per heavy atom. The number of pyridine rings is 2. The highest BCUT2D eigenvalue weighted by molar-refractivity contribution is 5.99. The van der Waals surface area contributed by atoms with Crippen LogP contribution in [0.3, 0.4) is 0 Å². The van der Waals surface area contributed by atoms with Gasteiger partial charge in [0.05, 0.1) is 53.7 Å². The zero-order valence-electron chi connectivity index (χ0n) is 33.6. The summed E-state index contributed by atoms with van der Waals surface area (Å²) in [7, 11) is 1.53. The molecule has 8 rings (SSSR count). The molecule has 0 unspecified atom stereocenters. The molecule has 312 valence electrons. The number of fused-ring (bicyclic) bond motifs is 3. The highest BCUT2D eigenvalue weighted by Gasteiger charge is 2.41. The van der Waals surface area contributed by atoms with Gasteiger partial charge < -0.3 is 24.4 Å². The molecule has 13 nitrogen and oxygen atoms in total. The average Bonchev–Trinajstić information content (AvgIpc) is 3.71. The number of aromatic nitrogens is 4. The topological polar surface area (TPSA) is 147 Å². The fourth-order valence-corrected chi connectivity index (χ4v) is 7.64. The predicted octanol–water partition coefficient (Wildman–Crippen LogP) is 5.85. The summed E-state index contributed by atoms with van der Waals surface area (Å²) in [6.45, 7) is 6.72. The molecule has 0 spiro atoms. The lowest BCUT2D eigenvalue weighted by atomic mass is 9.98. The zero-order chi connectivity index (χ0) is 42.9. The molecular weight excluding hydrogens is 782 g/mol. The normalized spacial score (nSPS) is 15.5. The van der Waals surface area contributed by atoms with E-state index in [0.717, 1.165) is 23.1 Å². The summed E-state index contributed by atoms with van der Waals surface area (Å²) in [6, 6.07) is 12.7. The first kappa shape index (κ1) is 41.6. The fraction of sp³-hybridized carbons (Fsp3) is 0.318. The summed E-state index contributed by atoms with van der Waals surface area (Å²) in [4.78, 5) is 65.3. The third kappa shape index (κ3) is 7.94. The van der Waals surface area contributed by atoms with E-state index in [0.29, 0.717) is 35.2 Å². The minimum Gasteiger partial charge on any atom is -0.493 e. The molecule has 16 heteroatoms. The largest absolute Gasteiger partial charge is 0.493 e. The number of rotatable bonds is 9. The van der Waals surface area contributed by atoms with E-state index in [1.807, 2.05) is 13.8 Å². The quantitative estimate of drug-likeness (QED) is 0.139. The number of nitrogens with zero attached hydrogens (tertiary/aromatic N) is 5. The van der Waals surface area contributed by atoms with Crippen LogP contribution in [0.15, 0.2) is 88.8 Å². The molecule has 0 radical (unpaired) electrons. The van der Waals surface area contributed by atoms with Gasteiger partial charge in [-0.05, 0) is 60.0 Å². The van der Waals surface area contributed by atoms with E-state index in [1.54, 1.807) is 36.4 Å². The summed E-state index contributed by atoms with van der Waals surface area (Å²) >= 11 is 0. The predicted molar refractivity (Wildman–Crippen MR) is 219 cm³/mol. The zero-order valence-corrected chi connectivity index (χ0v) is 33.6. The number of hydrogen-bond acceptors (Lipinski definition) is 10. The van der Waals surface area contributed by atoms with Crippen LogP contribution < -0.4 is 30.9 Å². The first-order valence-corrected chi connectivity index (χ1v) is 19.5. The Bertz CT molecular complexity index is 2730. The van der Waals surface area contributed by atoms with E-state index in [-0.39, 0.29) is 65.3 Å². The molecule has 0 bridgehead atoms. The molecule has 1 fully saturated rings. The van der Waals surface area contributed by atoms with Crippen molar-refractivity contribution in [3.63, 3.8) is 0 Å². The molecule has 1 saturated heterocycles. The van der Waals surface area contributed by atoms with E-state index in [1.165, 1.54) is 60.2 Å². The molecule has 0 saturated carbocycles. The number of hydrogen-bond donors (Lipinski definition) is 1. The molecule has 0 aliphatic carbocycles. The van der Waals surface area contributed by atoms with Crippen molar-refractivity contribution in [2.24, 2.45) is 7.05 Å². The average molecular weight is 825 g/mol. The number of anilines is 1. The number of halogens is 3. The van der Waals surface area contributed by atoms with Gasteiger partial charge >= 0.3 is 11.7 Å². The van der Waals surface area contributed by atoms with E-state index in [4.69, 9.17) is 14.2 Å². The molecule has 2 atom stereocenters. The molecule has 1 N–H and O–H groups in total. The SMILES string of the molecule is CC.Cc1cc(N2CCOC[C@@H]2C(C)(F)F)cc(F)c1C(=O)N[C@@H](Cc1ccc(-n2c(=O)c3ccncc3n(C)c2=O)c2ncccc12)C(=O)Oc1ccc2c(c1)OCC2. The van der Waals surface area contributed by atoms with Crippen LogP contribution in [0.1, 0.15) is 47.8 Å². The van der Waals surface area contributed by atoms with Gasteiger partial charge in [-0.3, -0.25) is 24.1 Å². The molecule has 6 aromatic rings. The number of esters is 1. The first-order chi connectivity index (χ1) is 28.8. The summed E-state index contributed by atoms with van der Waals surface area (Å²) < 4.78 is 64.1. The number of amides is 1. The van der Waals surface area contributed by atoms with Gasteiger partial charge in [0, 0.05) is 62.9 Å². The summed E-state index contributed by atoms with van der Waals surface area (Å²) in [5, 5.41) is 3.37. The van der Waals surface area contributed by atoms with Crippen molar-refractivity contribution < 1.29 is 37.0 Å². The van der Waals surface area contributed by atoms with E-state index in [9.17, 15) is 28.0 Å². The Hall–Kier alpha value is -6.55. The van der Waals surface area contributed by atoms with Crippen molar-refractivity contribution in [1.82, 2.24) is 24.4 Å². The third-order valence-corrected chi connectivity index (χ3v) is 10.6. The van der Waals surface area contributed by atoms with Crippen LogP contribution >= 0.6 is 0 Å². The van der Waals surface area contributed by atoms with Gasteiger partial charge in [-0.2, -0.15) is 0 Å². The van der Waals surface area contributed by atoms with Gasteiger partial charge in [-0.25, -0.2) is 27.3 Å². The van der Waals surface area contributed by atoms with Crippen molar-refractivity contribution in [3.05, 3.63) is 128 Å². The summed E-state index contributed by atoms with van der Waals surface area (Å²) in [5.41, 5.74) is 0.937. The molecule has 2 aliphatic rings. The maximum atomic E-state index is 16.0. The number of morpholine rings is 1. The summed E-state index contributed by atoms with van der Waals surface area (Å²) in [6.07, 6.45) is 4.89. The molecule has 1 amide bonds. The molecule has 5 heterocycles. The summed E-state index contributed by atoms with van der Waals surface area (Å²) in [5.74, 6) is -5.23. The van der Waals surface area contributed by atoms with Gasteiger partial charge in [0.1, 0.15) is 29.4 Å². The fourth-order valence-electron chi connectivity index (χ4n) is 7.64. The molecule has 60 heavy (non-hydrogen) atoms. The standard InChI is InChI=1S/C42H37F3N6O7.C2H6/c1-23-17-26(50-14-16-56-22-35(50)42(2,44)45)19-30(43)36(23)38(52)48-31(40(54)58-27-8-6-24-11-15-57-34(24)20-27)18-25-7-9-32(37-28(25)5-4-12-47-37)51-39(53)29-10-13-46-21-33(29)49(3)41(51)55;1-2/h4-10,12-13,17,19-21,31,35H,11,14-16,18,22H2,1-3H3,(H,48,52);1-2H3/t31-,35+;/m0./s1. The van der Waals surface area contributed by atoms with Gasteiger partial charge in [-0.1, -0.05) is 32.0 Å². The Kier molecular flexibility index (Phi) is 11.8. The lowest BCUT2D eigenvalue weighted by Gasteiger charge is -2.40. The number of benzene rings is 3. The van der Waals surface area contributed by atoms with Crippen LogP contribution in [0, 0.1) is 12.7 Å². The molecular formula is C44H43F3N6O7. The number of alkyl halides is 2. The van der Waals surface area contributed by atoms with Crippen LogP contribution in [0.5, 0.6) is 11.5 Å². The highest BCUT2D eigenvalue weighted by Crippen LogP contribution is 2.33. The Morgan fingerprint density at radius 1 is 1.03 bits per heavy atom. The van der Waals surface area contributed by atoms with Gasteiger partial charge in [-0.15, -0.1) is 0 Å². The number of carbonyl (C=O) groups is 2. The number of nitrogens with one attached hydrogen (secondary N) is 1. The van der Waals surface area contributed by atoms with Gasteiger partial charge in [0.15, 0.2) is 0 Å². The van der Waals surface area contributed by atoms with Crippen molar-refractivity contribution in [1.29, 1.82) is 0 Å². The maximum absolute atomic E-state index is 16.0. The second-order valence-corrected chi connectivity index (χ2v) is 14.4. The van der Waals surface area contributed by atoms with Gasteiger partial charge in [0.2, 0.25) is 0 Å². The Morgan fingerprint density at radius 2 is 1.83 bits per heavy atom. The first-order valence-electron chi connectivity index (χ1n) is 19.5. The van der Waals surface area contributed by atoms with Crippen LogP contribution in [0.25, 0.3) is 27.5 Å². The number of carbonyl (C=O) groups excluding carboxylic acids is 2. The van der Waals surface area contributed by atoms with Crippen molar-refractivity contribution in [2.45, 2.75) is 58.5 Å². The molecule has 2 aliphatic heterocycles. The van der Waals surface area contributed by atoms with Crippen molar-refractivity contribution in [3.8, 4) is 17.2 Å². The monoisotopic (exact) mass is 824 g/mol. The Balaban J connectivity index is 0.00000268. The maximum Gasteiger partial charge on any atom is 0.335 e. The van der Waals surface area contributed by atoms with Crippen molar-refractivity contribution in [2.75, 3.05) is 31.3 Å². The third-order valence-electron chi connectivity index (χ3n) is 10.6. The lowest BCUT2D eigenvalue weighted by molar-refractivity contribution is -0.136. The van der Waals surface area contributed by atoms with E-state index in [2.05, 4.69) is 15.3 Å². The lowest BCUT2D eigenvalue weighted by Crippen LogP contribution is -2.54.